The maximum absolute atomic E-state index is 12.9. The highest BCUT2D eigenvalue weighted by atomic mass is 79.9. The number of para-hydroxylation sites is 2. The molecule has 3 nitrogen and oxygen atoms in total. The molecule has 5 rings (SSSR count). The van der Waals surface area contributed by atoms with Crippen LogP contribution in [0.25, 0.3) is 22.6 Å². The zero-order chi connectivity index (χ0) is 20.0. The number of fused-ring (bicyclic) bond motifs is 2. The van der Waals surface area contributed by atoms with Gasteiger partial charge in [0.1, 0.15) is 0 Å². The SMILES string of the molecule is CN1C(=O)/C(=C/c2cn(Cc3ccc(Br)cc3)c3ccccc23)c2ccccc21. The van der Waals surface area contributed by atoms with E-state index in [9.17, 15) is 4.79 Å². The van der Waals surface area contributed by atoms with Gasteiger partial charge in [-0.25, -0.2) is 0 Å². The zero-order valence-electron chi connectivity index (χ0n) is 16.0. The molecule has 142 valence electrons. The molecule has 2 heterocycles. The van der Waals surface area contributed by atoms with Crippen LogP contribution in [0.1, 0.15) is 16.7 Å². The van der Waals surface area contributed by atoms with Crippen LogP contribution in [0.2, 0.25) is 0 Å². The Hall–Kier alpha value is -3.11. The Bertz CT molecular complexity index is 1270. The zero-order valence-corrected chi connectivity index (χ0v) is 17.6. The second-order valence-electron chi connectivity index (χ2n) is 7.30. The van der Waals surface area contributed by atoms with E-state index in [0.717, 1.165) is 44.3 Å². The number of likely N-dealkylation sites (N-methyl/N-ethyl adjacent to an activating group) is 1. The fourth-order valence-corrected chi connectivity index (χ4v) is 4.27. The summed E-state index contributed by atoms with van der Waals surface area (Å²) in [6.07, 6.45) is 4.18. The molecule has 1 aliphatic heterocycles. The minimum Gasteiger partial charge on any atom is -0.342 e. The lowest BCUT2D eigenvalue weighted by Crippen LogP contribution is -2.20. The third-order valence-corrected chi connectivity index (χ3v) is 6.00. The van der Waals surface area contributed by atoms with Gasteiger partial charge in [0.2, 0.25) is 0 Å². The lowest BCUT2D eigenvalue weighted by molar-refractivity contribution is -0.112. The van der Waals surface area contributed by atoms with Crippen molar-refractivity contribution in [2.24, 2.45) is 0 Å². The molecule has 29 heavy (non-hydrogen) atoms. The standard InChI is InChI=1S/C25H19BrN2O/c1-27-23-8-4-3-7-21(23)22(25(27)29)14-18-16-28(24-9-5-2-6-20(18)24)15-17-10-12-19(26)13-11-17/h2-14,16H,15H2,1H3/b22-14+. The minimum absolute atomic E-state index is 0.0379. The molecular formula is C25H19BrN2O. The predicted octanol–water partition coefficient (Wildman–Crippen LogP) is 5.97. The number of benzene rings is 3. The quantitative estimate of drug-likeness (QED) is 0.358. The first-order valence-electron chi connectivity index (χ1n) is 9.53. The van der Waals surface area contributed by atoms with Crippen LogP contribution in [0.4, 0.5) is 5.69 Å². The number of aromatic nitrogens is 1. The first-order chi connectivity index (χ1) is 14.1. The molecular weight excluding hydrogens is 424 g/mol. The Balaban J connectivity index is 1.62. The topological polar surface area (TPSA) is 25.2 Å². The van der Waals surface area contributed by atoms with Gasteiger partial charge < -0.3 is 9.47 Å². The van der Waals surface area contributed by atoms with Crippen LogP contribution in [-0.2, 0) is 11.3 Å². The van der Waals surface area contributed by atoms with Gasteiger partial charge in [0.15, 0.2) is 0 Å². The number of halogens is 1. The van der Waals surface area contributed by atoms with Crippen molar-refractivity contribution in [3.63, 3.8) is 0 Å². The smallest absolute Gasteiger partial charge is 0.258 e. The molecule has 0 saturated heterocycles. The summed E-state index contributed by atoms with van der Waals surface area (Å²) in [7, 11) is 1.83. The third-order valence-electron chi connectivity index (χ3n) is 5.48. The van der Waals surface area contributed by atoms with Crippen molar-refractivity contribution in [1.29, 1.82) is 0 Å². The van der Waals surface area contributed by atoms with Gasteiger partial charge in [-0.2, -0.15) is 0 Å². The van der Waals surface area contributed by atoms with E-state index in [1.807, 2.05) is 43.5 Å². The lowest BCUT2D eigenvalue weighted by Gasteiger charge is -2.07. The number of carbonyl (C=O) groups excluding carboxylic acids is 1. The summed E-state index contributed by atoms with van der Waals surface area (Å²) in [6.45, 7) is 0.779. The summed E-state index contributed by atoms with van der Waals surface area (Å²) in [6, 6.07) is 24.7. The van der Waals surface area contributed by atoms with Crippen LogP contribution in [-0.4, -0.2) is 17.5 Å². The summed E-state index contributed by atoms with van der Waals surface area (Å²) in [4.78, 5) is 14.6. The average Bonchev–Trinajstić information content (AvgIpc) is 3.21. The van der Waals surface area contributed by atoms with Crippen molar-refractivity contribution in [2.45, 2.75) is 6.54 Å². The summed E-state index contributed by atoms with van der Waals surface area (Å²) in [5, 5.41) is 1.15. The van der Waals surface area contributed by atoms with E-state index in [2.05, 4.69) is 69.2 Å². The van der Waals surface area contributed by atoms with Gasteiger partial charge in [-0.1, -0.05) is 64.5 Å². The fourth-order valence-electron chi connectivity index (χ4n) is 4.00. The fraction of sp³-hybridized carbons (Fsp3) is 0.0800. The lowest BCUT2D eigenvalue weighted by atomic mass is 10.0. The average molecular weight is 443 g/mol. The molecule has 4 aromatic rings. The van der Waals surface area contributed by atoms with Gasteiger partial charge in [-0.3, -0.25) is 4.79 Å². The van der Waals surface area contributed by atoms with Crippen LogP contribution in [0.5, 0.6) is 0 Å². The van der Waals surface area contributed by atoms with Gasteiger partial charge in [0.25, 0.3) is 5.91 Å². The highest BCUT2D eigenvalue weighted by Gasteiger charge is 2.29. The van der Waals surface area contributed by atoms with E-state index < -0.39 is 0 Å². The summed E-state index contributed by atoms with van der Waals surface area (Å²) >= 11 is 3.50. The highest BCUT2D eigenvalue weighted by molar-refractivity contribution is 9.10. The van der Waals surface area contributed by atoms with E-state index in [1.54, 1.807) is 4.90 Å². The first-order valence-corrected chi connectivity index (χ1v) is 10.3. The summed E-state index contributed by atoms with van der Waals surface area (Å²) < 4.78 is 3.33. The third kappa shape index (κ3) is 3.10. The van der Waals surface area contributed by atoms with Gasteiger partial charge in [-0.05, 0) is 35.9 Å². The molecule has 0 radical (unpaired) electrons. The Morgan fingerprint density at radius 1 is 0.931 bits per heavy atom. The van der Waals surface area contributed by atoms with Crippen molar-refractivity contribution in [1.82, 2.24) is 4.57 Å². The van der Waals surface area contributed by atoms with Crippen LogP contribution in [0.3, 0.4) is 0 Å². The molecule has 1 aliphatic rings. The second-order valence-corrected chi connectivity index (χ2v) is 8.21. The molecule has 0 unspecified atom stereocenters. The van der Waals surface area contributed by atoms with Crippen molar-refractivity contribution >= 4 is 50.1 Å². The van der Waals surface area contributed by atoms with Crippen molar-refractivity contribution < 1.29 is 4.79 Å². The van der Waals surface area contributed by atoms with Crippen LogP contribution in [0, 0.1) is 0 Å². The molecule has 3 aromatic carbocycles. The number of hydrogen-bond donors (Lipinski definition) is 0. The second kappa shape index (κ2) is 7.05. The van der Waals surface area contributed by atoms with Crippen molar-refractivity contribution in [3.05, 3.63) is 100 Å². The van der Waals surface area contributed by atoms with E-state index in [4.69, 9.17) is 0 Å². The van der Waals surface area contributed by atoms with E-state index in [-0.39, 0.29) is 5.91 Å². The molecule has 4 heteroatoms. The van der Waals surface area contributed by atoms with E-state index >= 15 is 0 Å². The Morgan fingerprint density at radius 3 is 2.48 bits per heavy atom. The monoisotopic (exact) mass is 442 g/mol. The molecule has 0 saturated carbocycles. The number of carbonyl (C=O) groups is 1. The number of hydrogen-bond acceptors (Lipinski definition) is 1. The largest absolute Gasteiger partial charge is 0.342 e. The molecule has 1 aromatic heterocycles. The Labute approximate surface area is 178 Å². The van der Waals surface area contributed by atoms with E-state index in [0.29, 0.717) is 0 Å². The molecule has 1 amide bonds. The molecule has 0 N–H and O–H groups in total. The number of amides is 1. The summed E-state index contributed by atoms with van der Waals surface area (Å²) in [5.41, 5.74) is 6.15. The number of rotatable bonds is 3. The minimum atomic E-state index is 0.0379. The first kappa shape index (κ1) is 18.0. The maximum Gasteiger partial charge on any atom is 0.258 e. The Morgan fingerprint density at radius 2 is 1.66 bits per heavy atom. The number of anilines is 1. The van der Waals surface area contributed by atoms with Gasteiger partial charge in [0, 0.05) is 51.9 Å². The highest BCUT2D eigenvalue weighted by Crippen LogP contribution is 2.37. The molecule has 0 spiro atoms. The normalized spacial score (nSPS) is 14.8. The Kier molecular flexibility index (Phi) is 4.36. The van der Waals surface area contributed by atoms with Gasteiger partial charge in [0.05, 0.1) is 5.69 Å². The van der Waals surface area contributed by atoms with Gasteiger partial charge >= 0.3 is 0 Å². The van der Waals surface area contributed by atoms with Crippen LogP contribution >= 0.6 is 15.9 Å². The molecule has 0 aliphatic carbocycles. The molecule has 0 bridgehead atoms. The van der Waals surface area contributed by atoms with E-state index in [1.165, 1.54) is 5.56 Å². The molecule has 0 fully saturated rings. The maximum atomic E-state index is 12.9. The predicted molar refractivity (Wildman–Crippen MR) is 123 cm³/mol. The van der Waals surface area contributed by atoms with Crippen LogP contribution in [0.15, 0.2) is 83.5 Å². The summed E-state index contributed by atoms with van der Waals surface area (Å²) in [5.74, 6) is 0.0379. The van der Waals surface area contributed by atoms with Crippen molar-refractivity contribution in [2.75, 3.05) is 11.9 Å². The number of nitrogens with zero attached hydrogens (tertiary/aromatic N) is 2. The van der Waals surface area contributed by atoms with Crippen LogP contribution < -0.4 is 4.90 Å². The van der Waals surface area contributed by atoms with Gasteiger partial charge in [-0.15, -0.1) is 0 Å². The van der Waals surface area contributed by atoms with Crippen molar-refractivity contribution in [3.8, 4) is 0 Å². The molecule has 0 atom stereocenters.